The van der Waals surface area contributed by atoms with Gasteiger partial charge in [0.1, 0.15) is 12.2 Å². The fraction of sp³-hybridized carbons (Fsp3) is 0.833. The van der Waals surface area contributed by atoms with Crippen LogP contribution in [0.2, 0.25) is 0 Å². The van der Waals surface area contributed by atoms with Crippen LogP contribution in [-0.4, -0.2) is 34.0 Å². The minimum Gasteiger partial charge on any atom is -0.382 e. The quantitative estimate of drug-likeness (QED) is 0.386. The van der Waals surface area contributed by atoms with E-state index in [-0.39, 0.29) is 6.04 Å². The Hall–Kier alpha value is -0.980. The van der Waals surface area contributed by atoms with Gasteiger partial charge in [-0.15, -0.1) is 0 Å². The highest BCUT2D eigenvalue weighted by Gasteiger charge is 2.13. The molecule has 0 radical (unpaired) electrons. The second kappa shape index (κ2) is 8.18. The first-order chi connectivity index (χ1) is 8.67. The summed E-state index contributed by atoms with van der Waals surface area (Å²) in [4.78, 5) is 4.30. The van der Waals surface area contributed by atoms with Gasteiger partial charge in [-0.2, -0.15) is 5.10 Å². The largest absolute Gasteiger partial charge is 0.382 e. The van der Waals surface area contributed by atoms with E-state index in [0.717, 1.165) is 31.8 Å². The van der Waals surface area contributed by atoms with Gasteiger partial charge in [0.05, 0.1) is 0 Å². The number of nitrogens with zero attached hydrogens (tertiary/aromatic N) is 3. The Labute approximate surface area is 109 Å². The van der Waals surface area contributed by atoms with Crippen molar-refractivity contribution < 1.29 is 4.74 Å². The first-order valence-corrected chi connectivity index (χ1v) is 6.57. The van der Waals surface area contributed by atoms with Gasteiger partial charge in [0, 0.05) is 32.2 Å². The summed E-state index contributed by atoms with van der Waals surface area (Å²) in [5.74, 6) is 7.09. The van der Waals surface area contributed by atoms with Crippen molar-refractivity contribution in [2.45, 2.75) is 46.2 Å². The van der Waals surface area contributed by atoms with Crippen LogP contribution in [0.15, 0.2) is 6.33 Å². The summed E-state index contributed by atoms with van der Waals surface area (Å²) >= 11 is 0. The van der Waals surface area contributed by atoms with Gasteiger partial charge in [0.15, 0.2) is 0 Å². The number of hydrogen-bond donors (Lipinski definition) is 2. The molecule has 0 saturated carbocycles. The zero-order valence-electron chi connectivity index (χ0n) is 11.6. The molecule has 3 N–H and O–H groups in total. The molecule has 18 heavy (non-hydrogen) atoms. The van der Waals surface area contributed by atoms with Gasteiger partial charge < -0.3 is 4.74 Å². The molecule has 0 amide bonds. The van der Waals surface area contributed by atoms with E-state index in [4.69, 9.17) is 10.6 Å². The Morgan fingerprint density at radius 1 is 1.50 bits per heavy atom. The van der Waals surface area contributed by atoms with Crippen LogP contribution in [0.4, 0.5) is 0 Å². The first-order valence-electron chi connectivity index (χ1n) is 6.57. The summed E-state index contributed by atoms with van der Waals surface area (Å²) in [5, 5.41) is 4.25. The van der Waals surface area contributed by atoms with E-state index < -0.39 is 0 Å². The summed E-state index contributed by atoms with van der Waals surface area (Å²) in [5.41, 5.74) is 2.82. The molecule has 1 rings (SSSR count). The van der Waals surface area contributed by atoms with Gasteiger partial charge in [-0.3, -0.25) is 11.3 Å². The highest BCUT2D eigenvalue weighted by atomic mass is 16.5. The molecule has 0 aliphatic heterocycles. The third-order valence-corrected chi connectivity index (χ3v) is 2.71. The lowest BCUT2D eigenvalue weighted by molar-refractivity contribution is 0.136. The number of aromatic nitrogens is 3. The second-order valence-electron chi connectivity index (χ2n) is 4.81. The van der Waals surface area contributed by atoms with E-state index in [9.17, 15) is 0 Å². The molecule has 0 spiro atoms. The molecule has 0 aliphatic rings. The molecule has 0 saturated heterocycles. The highest BCUT2D eigenvalue weighted by Crippen LogP contribution is 2.06. The SMILES string of the molecule is CCOCCC(Cc1ncnn1CC(C)C)NN. The standard InChI is InChI=1S/C12H25N5O/c1-4-18-6-5-11(16-13)7-12-14-9-15-17(12)8-10(2)3/h9-11,16H,4-8,13H2,1-3H3. The summed E-state index contributed by atoms with van der Waals surface area (Å²) in [6.45, 7) is 8.66. The summed E-state index contributed by atoms with van der Waals surface area (Å²) in [6, 6.07) is 0.173. The van der Waals surface area contributed by atoms with Crippen molar-refractivity contribution in [3.63, 3.8) is 0 Å². The molecule has 104 valence electrons. The number of nitrogens with two attached hydrogens (primary N) is 1. The summed E-state index contributed by atoms with van der Waals surface area (Å²) < 4.78 is 7.30. The van der Waals surface area contributed by atoms with Crippen molar-refractivity contribution in [2.75, 3.05) is 13.2 Å². The van der Waals surface area contributed by atoms with Crippen molar-refractivity contribution in [3.8, 4) is 0 Å². The van der Waals surface area contributed by atoms with Gasteiger partial charge in [-0.25, -0.2) is 9.67 Å². The van der Waals surface area contributed by atoms with E-state index >= 15 is 0 Å². The number of hydrazine groups is 1. The van der Waals surface area contributed by atoms with Crippen LogP contribution >= 0.6 is 0 Å². The molecule has 1 heterocycles. The minimum atomic E-state index is 0.173. The molecule has 6 heteroatoms. The van der Waals surface area contributed by atoms with Crippen LogP contribution in [-0.2, 0) is 17.7 Å². The molecular weight excluding hydrogens is 230 g/mol. The van der Waals surface area contributed by atoms with Gasteiger partial charge in [-0.05, 0) is 19.3 Å². The van der Waals surface area contributed by atoms with Crippen molar-refractivity contribution in [2.24, 2.45) is 11.8 Å². The zero-order chi connectivity index (χ0) is 13.4. The number of nitrogens with one attached hydrogen (secondary N) is 1. The predicted octanol–water partition coefficient (Wildman–Crippen LogP) is 0.735. The van der Waals surface area contributed by atoms with Crippen LogP contribution in [0, 0.1) is 5.92 Å². The molecule has 0 aliphatic carbocycles. The monoisotopic (exact) mass is 255 g/mol. The maximum atomic E-state index is 5.56. The van der Waals surface area contributed by atoms with E-state index in [1.54, 1.807) is 6.33 Å². The Kier molecular flexibility index (Phi) is 6.85. The van der Waals surface area contributed by atoms with E-state index in [0.29, 0.717) is 12.5 Å². The number of ether oxygens (including phenoxy) is 1. The molecule has 1 unspecified atom stereocenters. The third kappa shape index (κ3) is 5.12. The summed E-state index contributed by atoms with van der Waals surface area (Å²) in [7, 11) is 0. The van der Waals surface area contributed by atoms with Crippen LogP contribution in [0.25, 0.3) is 0 Å². The zero-order valence-corrected chi connectivity index (χ0v) is 11.6. The van der Waals surface area contributed by atoms with Crippen molar-refractivity contribution >= 4 is 0 Å². The van der Waals surface area contributed by atoms with Crippen LogP contribution in [0.3, 0.4) is 0 Å². The number of hydrogen-bond acceptors (Lipinski definition) is 5. The molecule has 1 aromatic heterocycles. The maximum absolute atomic E-state index is 5.56. The lowest BCUT2D eigenvalue weighted by Gasteiger charge is -2.16. The third-order valence-electron chi connectivity index (χ3n) is 2.71. The smallest absolute Gasteiger partial charge is 0.138 e. The second-order valence-corrected chi connectivity index (χ2v) is 4.81. The van der Waals surface area contributed by atoms with Crippen molar-refractivity contribution in [1.29, 1.82) is 0 Å². The Morgan fingerprint density at radius 2 is 2.28 bits per heavy atom. The van der Waals surface area contributed by atoms with Crippen molar-refractivity contribution in [3.05, 3.63) is 12.2 Å². The number of rotatable bonds is 9. The lowest BCUT2D eigenvalue weighted by atomic mass is 10.1. The van der Waals surface area contributed by atoms with Gasteiger partial charge in [-0.1, -0.05) is 13.8 Å². The van der Waals surface area contributed by atoms with Crippen LogP contribution < -0.4 is 11.3 Å². The maximum Gasteiger partial charge on any atom is 0.138 e. The molecule has 0 aromatic carbocycles. The highest BCUT2D eigenvalue weighted by molar-refractivity contribution is 4.89. The molecule has 0 bridgehead atoms. The average molecular weight is 255 g/mol. The normalized spacial score (nSPS) is 13.2. The molecule has 0 fully saturated rings. The van der Waals surface area contributed by atoms with Gasteiger partial charge in [0.25, 0.3) is 0 Å². The fourth-order valence-electron chi connectivity index (χ4n) is 1.78. The summed E-state index contributed by atoms with van der Waals surface area (Å²) in [6.07, 6.45) is 3.25. The predicted molar refractivity (Wildman–Crippen MR) is 70.8 cm³/mol. The van der Waals surface area contributed by atoms with E-state index in [2.05, 4.69) is 29.4 Å². The van der Waals surface area contributed by atoms with Crippen LogP contribution in [0.1, 0.15) is 33.0 Å². The fourth-order valence-corrected chi connectivity index (χ4v) is 1.78. The Morgan fingerprint density at radius 3 is 2.89 bits per heavy atom. The minimum absolute atomic E-state index is 0.173. The Balaban J connectivity index is 2.50. The molecular formula is C12H25N5O. The van der Waals surface area contributed by atoms with E-state index in [1.165, 1.54) is 0 Å². The Bertz CT molecular complexity index is 326. The molecule has 1 aromatic rings. The van der Waals surface area contributed by atoms with Gasteiger partial charge >= 0.3 is 0 Å². The lowest BCUT2D eigenvalue weighted by Crippen LogP contribution is -2.38. The van der Waals surface area contributed by atoms with E-state index in [1.807, 2.05) is 11.6 Å². The molecule has 1 atom stereocenters. The van der Waals surface area contributed by atoms with Gasteiger partial charge in [0.2, 0.25) is 0 Å². The van der Waals surface area contributed by atoms with Crippen molar-refractivity contribution in [1.82, 2.24) is 20.2 Å². The topological polar surface area (TPSA) is 78.0 Å². The first kappa shape index (κ1) is 15.1. The molecule has 6 nitrogen and oxygen atoms in total. The average Bonchev–Trinajstić information content (AvgIpc) is 2.74. The van der Waals surface area contributed by atoms with Crippen LogP contribution in [0.5, 0.6) is 0 Å².